The second kappa shape index (κ2) is 6.60. The zero-order valence-corrected chi connectivity index (χ0v) is 12.8. The maximum Gasteiger partial charge on any atom is 0.284 e. The zero-order valence-electron chi connectivity index (χ0n) is 10.4. The number of halogens is 2. The fraction of sp³-hybridized carbons (Fsp3) is 0.143. The first-order chi connectivity index (χ1) is 9.63. The summed E-state index contributed by atoms with van der Waals surface area (Å²) in [6, 6.07) is 7.50. The fourth-order valence-corrected chi connectivity index (χ4v) is 2.27. The van der Waals surface area contributed by atoms with E-state index in [1.54, 1.807) is 6.20 Å². The molecule has 0 saturated carbocycles. The molecule has 0 atom stereocenters. The van der Waals surface area contributed by atoms with Gasteiger partial charge in [0.25, 0.3) is 5.56 Å². The van der Waals surface area contributed by atoms with Gasteiger partial charge in [-0.3, -0.25) is 4.79 Å². The summed E-state index contributed by atoms with van der Waals surface area (Å²) in [6.45, 7) is 0.640. The molecule has 0 spiro atoms. The number of terminal acetylenes is 1. The topological polar surface area (TPSA) is 46.9 Å². The number of nitrogens with zero attached hydrogens (tertiary/aromatic N) is 2. The fourth-order valence-electron chi connectivity index (χ4n) is 1.62. The molecule has 0 bridgehead atoms. The average Bonchev–Trinajstić information content (AvgIpc) is 2.45. The lowest BCUT2D eigenvalue weighted by Crippen LogP contribution is -2.24. The molecule has 1 heterocycles. The average molecular weight is 353 g/mol. The van der Waals surface area contributed by atoms with Crippen LogP contribution in [0.2, 0.25) is 5.02 Å². The van der Waals surface area contributed by atoms with Crippen LogP contribution < -0.4 is 10.9 Å². The Morgan fingerprint density at radius 2 is 2.20 bits per heavy atom. The lowest BCUT2D eigenvalue weighted by molar-refractivity contribution is 0.659. The van der Waals surface area contributed by atoms with Gasteiger partial charge >= 0.3 is 0 Å². The Morgan fingerprint density at radius 1 is 1.45 bits per heavy atom. The molecule has 2 rings (SSSR count). The van der Waals surface area contributed by atoms with E-state index in [2.05, 4.69) is 32.3 Å². The number of nitrogens with one attached hydrogen (secondary N) is 1. The van der Waals surface area contributed by atoms with Gasteiger partial charge in [-0.1, -0.05) is 35.7 Å². The molecule has 0 aliphatic rings. The molecule has 1 aromatic heterocycles. The molecule has 0 fully saturated rings. The van der Waals surface area contributed by atoms with Crippen LogP contribution in [-0.4, -0.2) is 9.78 Å². The highest BCUT2D eigenvalue weighted by Crippen LogP contribution is 2.20. The number of benzene rings is 1. The molecule has 102 valence electrons. The Bertz CT molecular complexity index is 721. The SMILES string of the molecule is C#CCn1ncc(NCc2ccccc2Cl)c(Br)c1=O. The van der Waals surface area contributed by atoms with E-state index < -0.39 is 0 Å². The van der Waals surface area contributed by atoms with Gasteiger partial charge in [-0.05, 0) is 27.6 Å². The highest BCUT2D eigenvalue weighted by atomic mass is 79.9. The van der Waals surface area contributed by atoms with Crippen molar-refractivity contribution in [2.75, 3.05) is 5.32 Å². The molecular weight excluding hydrogens is 342 g/mol. The maximum absolute atomic E-state index is 11.9. The number of hydrogen-bond donors (Lipinski definition) is 1. The zero-order chi connectivity index (χ0) is 14.5. The van der Waals surface area contributed by atoms with Gasteiger partial charge in [-0.2, -0.15) is 5.10 Å². The summed E-state index contributed by atoms with van der Waals surface area (Å²) in [5.74, 6) is 2.38. The van der Waals surface area contributed by atoms with E-state index in [4.69, 9.17) is 18.0 Å². The first kappa shape index (κ1) is 14.6. The molecule has 0 unspecified atom stereocenters. The second-order valence-electron chi connectivity index (χ2n) is 3.98. The van der Waals surface area contributed by atoms with Crippen molar-refractivity contribution in [3.8, 4) is 12.3 Å². The summed E-state index contributed by atoms with van der Waals surface area (Å²) in [7, 11) is 0. The van der Waals surface area contributed by atoms with Crippen LogP contribution >= 0.6 is 27.5 Å². The predicted octanol–water partition coefficient (Wildman–Crippen LogP) is 2.90. The molecule has 1 N–H and O–H groups in total. The highest BCUT2D eigenvalue weighted by molar-refractivity contribution is 9.10. The van der Waals surface area contributed by atoms with Crippen molar-refractivity contribution >= 4 is 33.2 Å². The smallest absolute Gasteiger partial charge is 0.284 e. The minimum Gasteiger partial charge on any atom is -0.379 e. The first-order valence-corrected chi connectivity index (χ1v) is 6.97. The summed E-state index contributed by atoms with van der Waals surface area (Å²) in [5.41, 5.74) is 1.27. The molecule has 4 nitrogen and oxygen atoms in total. The lowest BCUT2D eigenvalue weighted by atomic mass is 10.2. The van der Waals surface area contributed by atoms with E-state index in [9.17, 15) is 4.79 Å². The van der Waals surface area contributed by atoms with Crippen molar-refractivity contribution in [3.05, 3.63) is 55.9 Å². The summed E-state index contributed by atoms with van der Waals surface area (Å²) >= 11 is 9.33. The van der Waals surface area contributed by atoms with Crippen molar-refractivity contribution in [1.29, 1.82) is 0 Å². The molecule has 1 aromatic carbocycles. The Labute approximate surface area is 129 Å². The second-order valence-corrected chi connectivity index (χ2v) is 5.18. The molecule has 0 aliphatic heterocycles. The van der Waals surface area contributed by atoms with Crippen LogP contribution in [0, 0.1) is 12.3 Å². The summed E-state index contributed by atoms with van der Waals surface area (Å²) in [5, 5.41) is 7.79. The number of hydrogen-bond acceptors (Lipinski definition) is 3. The third-order valence-corrected chi connectivity index (χ3v) is 3.79. The van der Waals surface area contributed by atoms with Gasteiger partial charge in [-0.15, -0.1) is 6.42 Å². The summed E-state index contributed by atoms with van der Waals surface area (Å²) in [6.07, 6.45) is 6.73. The van der Waals surface area contributed by atoms with Crippen LogP contribution in [-0.2, 0) is 13.1 Å². The predicted molar refractivity (Wildman–Crippen MR) is 83.8 cm³/mol. The van der Waals surface area contributed by atoms with E-state index in [1.807, 2.05) is 24.3 Å². The van der Waals surface area contributed by atoms with Crippen molar-refractivity contribution in [1.82, 2.24) is 9.78 Å². The van der Waals surface area contributed by atoms with Gasteiger partial charge in [0.15, 0.2) is 0 Å². The summed E-state index contributed by atoms with van der Waals surface area (Å²) in [4.78, 5) is 11.9. The Hall–Kier alpha value is -1.77. The van der Waals surface area contributed by atoms with E-state index >= 15 is 0 Å². The quantitative estimate of drug-likeness (QED) is 0.861. The van der Waals surface area contributed by atoms with Crippen molar-refractivity contribution in [3.63, 3.8) is 0 Å². The lowest BCUT2D eigenvalue weighted by Gasteiger charge is -2.10. The number of anilines is 1. The Morgan fingerprint density at radius 3 is 2.90 bits per heavy atom. The number of rotatable bonds is 4. The van der Waals surface area contributed by atoms with Gasteiger partial charge in [0, 0.05) is 11.6 Å². The van der Waals surface area contributed by atoms with Gasteiger partial charge in [0.05, 0.1) is 11.9 Å². The van der Waals surface area contributed by atoms with Gasteiger partial charge in [0.2, 0.25) is 0 Å². The molecule has 0 saturated heterocycles. The summed E-state index contributed by atoms with van der Waals surface area (Å²) < 4.78 is 1.61. The molecule has 2 aromatic rings. The van der Waals surface area contributed by atoms with Gasteiger partial charge < -0.3 is 5.32 Å². The van der Waals surface area contributed by atoms with Crippen LogP contribution in [0.3, 0.4) is 0 Å². The van der Waals surface area contributed by atoms with Gasteiger partial charge in [-0.25, -0.2) is 4.68 Å². The third-order valence-electron chi connectivity index (χ3n) is 2.65. The molecule has 0 radical (unpaired) electrons. The Balaban J connectivity index is 2.19. The van der Waals surface area contributed by atoms with Crippen molar-refractivity contribution in [2.24, 2.45) is 0 Å². The molecular formula is C14H11BrClN3O. The van der Waals surface area contributed by atoms with Crippen LogP contribution in [0.1, 0.15) is 5.56 Å². The largest absolute Gasteiger partial charge is 0.379 e. The van der Waals surface area contributed by atoms with E-state index in [1.165, 1.54) is 4.68 Å². The van der Waals surface area contributed by atoms with Crippen molar-refractivity contribution in [2.45, 2.75) is 13.1 Å². The van der Waals surface area contributed by atoms with E-state index in [-0.39, 0.29) is 12.1 Å². The standard InChI is InChI=1S/C14H11BrClN3O/c1-2-7-19-14(20)13(15)12(9-18-19)17-8-10-5-3-4-6-11(10)16/h1,3-6,9,17H,7-8H2. The monoisotopic (exact) mass is 351 g/mol. The molecule has 20 heavy (non-hydrogen) atoms. The van der Waals surface area contributed by atoms with E-state index in [0.717, 1.165) is 5.56 Å². The minimum atomic E-state index is -0.271. The highest BCUT2D eigenvalue weighted by Gasteiger charge is 2.08. The van der Waals surface area contributed by atoms with Crippen LogP contribution in [0.5, 0.6) is 0 Å². The van der Waals surface area contributed by atoms with Crippen LogP contribution in [0.4, 0.5) is 5.69 Å². The maximum atomic E-state index is 11.9. The molecule has 6 heteroatoms. The minimum absolute atomic E-state index is 0.141. The van der Waals surface area contributed by atoms with Crippen LogP contribution in [0.15, 0.2) is 39.7 Å². The van der Waals surface area contributed by atoms with Gasteiger partial charge in [0.1, 0.15) is 11.0 Å². The first-order valence-electron chi connectivity index (χ1n) is 5.80. The molecule has 0 amide bonds. The van der Waals surface area contributed by atoms with Crippen molar-refractivity contribution < 1.29 is 0 Å². The molecule has 0 aliphatic carbocycles. The Kier molecular flexibility index (Phi) is 4.83. The third kappa shape index (κ3) is 3.21. The van der Waals surface area contributed by atoms with Crippen LogP contribution in [0.25, 0.3) is 0 Å². The normalized spacial score (nSPS) is 10.1. The number of aromatic nitrogens is 2. The van der Waals surface area contributed by atoms with E-state index in [0.29, 0.717) is 21.7 Å².